The Bertz CT molecular complexity index is 549. The van der Waals surface area contributed by atoms with Crippen LogP contribution in [0.3, 0.4) is 0 Å². The number of hydrogen-bond acceptors (Lipinski definition) is 2. The monoisotopic (exact) mass is 435 g/mol. The van der Waals surface area contributed by atoms with Gasteiger partial charge in [0.05, 0.1) is 13.7 Å². The molecule has 0 bridgehead atoms. The fraction of sp³-hybridized carbons (Fsp3) is 0.588. The molecule has 0 unspecified atom stereocenters. The minimum absolute atomic E-state index is 0. The van der Waals surface area contributed by atoms with Gasteiger partial charge in [0.1, 0.15) is 0 Å². The number of halogens is 2. The zero-order valence-electron chi connectivity index (χ0n) is 14.4. The highest BCUT2D eigenvalue weighted by Gasteiger charge is 2.30. The molecule has 0 radical (unpaired) electrons. The highest BCUT2D eigenvalue weighted by Crippen LogP contribution is 2.28. The molecule has 0 spiro atoms. The highest BCUT2D eigenvalue weighted by atomic mass is 127. The summed E-state index contributed by atoms with van der Waals surface area (Å²) in [5.74, 6) is 0.827. The normalized spacial score (nSPS) is 16.9. The molecule has 1 aromatic carbocycles. The third kappa shape index (κ3) is 5.51. The van der Waals surface area contributed by atoms with E-state index in [1.807, 2.05) is 6.07 Å². The van der Waals surface area contributed by atoms with Crippen molar-refractivity contribution in [3.8, 4) is 5.75 Å². The minimum atomic E-state index is -0.345. The Labute approximate surface area is 155 Å². The first kappa shape index (κ1) is 20.0. The van der Waals surface area contributed by atoms with Crippen LogP contribution >= 0.6 is 24.0 Å². The van der Waals surface area contributed by atoms with Gasteiger partial charge in [-0.2, -0.15) is 0 Å². The summed E-state index contributed by atoms with van der Waals surface area (Å²) in [6.45, 7) is 9.90. The first-order valence-electron chi connectivity index (χ1n) is 7.81. The molecule has 0 aromatic heterocycles. The lowest BCUT2D eigenvalue weighted by molar-refractivity contribution is 0.370. The van der Waals surface area contributed by atoms with E-state index in [1.54, 1.807) is 6.07 Å². The fourth-order valence-corrected chi connectivity index (χ4v) is 2.69. The van der Waals surface area contributed by atoms with Crippen LogP contribution in [-0.2, 0) is 6.54 Å². The summed E-state index contributed by atoms with van der Waals surface area (Å²) in [5.41, 5.74) is 1.16. The zero-order chi connectivity index (χ0) is 16.2. The van der Waals surface area contributed by atoms with E-state index in [0.717, 1.165) is 37.6 Å². The van der Waals surface area contributed by atoms with Gasteiger partial charge in [-0.05, 0) is 36.5 Å². The molecule has 1 aliphatic heterocycles. The average Bonchev–Trinajstić information content (AvgIpc) is 2.83. The molecule has 0 atom stereocenters. The lowest BCUT2D eigenvalue weighted by atomic mass is 9.93. The van der Waals surface area contributed by atoms with Crippen molar-refractivity contribution in [3.63, 3.8) is 0 Å². The summed E-state index contributed by atoms with van der Waals surface area (Å²) < 4.78 is 18.7. The van der Waals surface area contributed by atoms with Gasteiger partial charge in [0.15, 0.2) is 17.5 Å². The van der Waals surface area contributed by atoms with Crippen molar-refractivity contribution < 1.29 is 9.13 Å². The molecule has 130 valence electrons. The third-order valence-corrected chi connectivity index (χ3v) is 3.94. The Balaban J connectivity index is 0.00000264. The molecular weight excluding hydrogens is 408 g/mol. The maximum Gasteiger partial charge on any atom is 0.194 e. The Morgan fingerprint density at radius 2 is 2.17 bits per heavy atom. The SMILES string of the molecule is CCNC(=NCc1ccc(OC)c(F)c1)N1CCC(C)(C)C1.I. The topological polar surface area (TPSA) is 36.9 Å². The quantitative estimate of drug-likeness (QED) is 0.446. The Morgan fingerprint density at radius 1 is 1.43 bits per heavy atom. The molecule has 0 aliphatic carbocycles. The second-order valence-corrected chi connectivity index (χ2v) is 6.47. The first-order chi connectivity index (χ1) is 10.4. The van der Waals surface area contributed by atoms with Gasteiger partial charge in [-0.25, -0.2) is 9.38 Å². The largest absolute Gasteiger partial charge is 0.494 e. The maximum atomic E-state index is 13.7. The lowest BCUT2D eigenvalue weighted by Crippen LogP contribution is -2.40. The molecule has 4 nitrogen and oxygen atoms in total. The molecule has 1 saturated heterocycles. The van der Waals surface area contributed by atoms with Crippen molar-refractivity contribution in [1.82, 2.24) is 10.2 Å². The minimum Gasteiger partial charge on any atom is -0.494 e. The number of rotatable bonds is 4. The second-order valence-electron chi connectivity index (χ2n) is 6.47. The van der Waals surface area contributed by atoms with Crippen LogP contribution in [0.1, 0.15) is 32.8 Å². The van der Waals surface area contributed by atoms with Crippen molar-refractivity contribution in [1.29, 1.82) is 0 Å². The number of guanidine groups is 1. The first-order valence-corrected chi connectivity index (χ1v) is 7.81. The number of hydrogen-bond donors (Lipinski definition) is 1. The smallest absolute Gasteiger partial charge is 0.194 e. The number of aliphatic imine (C=N–C) groups is 1. The van der Waals surface area contributed by atoms with Crippen molar-refractivity contribution in [2.45, 2.75) is 33.7 Å². The average molecular weight is 435 g/mol. The van der Waals surface area contributed by atoms with Gasteiger partial charge in [-0.15, -0.1) is 24.0 Å². The Morgan fingerprint density at radius 3 is 2.70 bits per heavy atom. The van der Waals surface area contributed by atoms with Crippen LogP contribution in [0, 0.1) is 11.2 Å². The summed E-state index contributed by atoms with van der Waals surface area (Å²) in [4.78, 5) is 6.93. The summed E-state index contributed by atoms with van der Waals surface area (Å²) in [7, 11) is 1.47. The van der Waals surface area contributed by atoms with Crippen LogP contribution in [0.5, 0.6) is 5.75 Å². The molecule has 6 heteroatoms. The number of methoxy groups -OCH3 is 1. The van der Waals surface area contributed by atoms with Crippen molar-refractivity contribution >= 4 is 29.9 Å². The molecule has 0 saturated carbocycles. The van der Waals surface area contributed by atoms with Crippen LogP contribution in [0.2, 0.25) is 0 Å². The standard InChI is InChI=1S/C17H26FN3O.HI/c1-5-19-16(21-9-8-17(2,3)12-21)20-11-13-6-7-15(22-4)14(18)10-13;/h6-7,10H,5,8-9,11-12H2,1-4H3,(H,19,20);1H. The number of ether oxygens (including phenoxy) is 1. The Hall–Kier alpha value is -1.05. The van der Waals surface area contributed by atoms with Gasteiger partial charge in [0, 0.05) is 19.6 Å². The summed E-state index contributed by atoms with van der Waals surface area (Å²) in [6, 6.07) is 4.98. The van der Waals surface area contributed by atoms with Gasteiger partial charge in [0.25, 0.3) is 0 Å². The molecule has 1 heterocycles. The summed E-state index contributed by atoms with van der Waals surface area (Å²) in [5, 5.41) is 3.33. The third-order valence-electron chi connectivity index (χ3n) is 3.94. The molecule has 1 aliphatic rings. The molecule has 2 rings (SSSR count). The van der Waals surface area contributed by atoms with Crippen molar-refractivity contribution in [2.24, 2.45) is 10.4 Å². The summed E-state index contributed by atoms with van der Waals surface area (Å²) in [6.07, 6.45) is 1.16. The molecule has 0 amide bonds. The van der Waals surface area contributed by atoms with Gasteiger partial charge in [-0.1, -0.05) is 19.9 Å². The van der Waals surface area contributed by atoms with Crippen LogP contribution in [-0.4, -0.2) is 37.6 Å². The van der Waals surface area contributed by atoms with Crippen LogP contribution in [0.15, 0.2) is 23.2 Å². The fourth-order valence-electron chi connectivity index (χ4n) is 2.69. The van der Waals surface area contributed by atoms with Gasteiger partial charge >= 0.3 is 0 Å². The Kier molecular flexibility index (Phi) is 7.57. The number of likely N-dealkylation sites (tertiary alicyclic amines) is 1. The highest BCUT2D eigenvalue weighted by molar-refractivity contribution is 14.0. The van der Waals surface area contributed by atoms with Crippen molar-refractivity contribution in [2.75, 3.05) is 26.7 Å². The van der Waals surface area contributed by atoms with Crippen LogP contribution in [0.4, 0.5) is 4.39 Å². The van der Waals surface area contributed by atoms with E-state index in [2.05, 4.69) is 36.0 Å². The number of benzene rings is 1. The predicted molar refractivity (Wildman–Crippen MR) is 103 cm³/mol. The van der Waals surface area contributed by atoms with Gasteiger partial charge in [-0.3, -0.25) is 0 Å². The second kappa shape index (κ2) is 8.70. The lowest BCUT2D eigenvalue weighted by Gasteiger charge is -2.23. The van der Waals surface area contributed by atoms with E-state index in [0.29, 0.717) is 12.0 Å². The molecule has 1 aromatic rings. The molecule has 1 fully saturated rings. The van der Waals surface area contributed by atoms with E-state index >= 15 is 0 Å². The molecular formula is C17H27FIN3O. The van der Waals surface area contributed by atoms with E-state index in [1.165, 1.54) is 13.2 Å². The van der Waals surface area contributed by atoms with E-state index < -0.39 is 0 Å². The van der Waals surface area contributed by atoms with E-state index in [-0.39, 0.29) is 35.5 Å². The van der Waals surface area contributed by atoms with E-state index in [9.17, 15) is 4.39 Å². The predicted octanol–water partition coefficient (Wildman–Crippen LogP) is 3.65. The molecule has 1 N–H and O–H groups in total. The van der Waals surface area contributed by atoms with Gasteiger partial charge in [0.2, 0.25) is 0 Å². The van der Waals surface area contributed by atoms with Crippen LogP contribution < -0.4 is 10.1 Å². The maximum absolute atomic E-state index is 13.7. The zero-order valence-corrected chi connectivity index (χ0v) is 16.7. The number of nitrogens with one attached hydrogen (secondary N) is 1. The van der Waals surface area contributed by atoms with Gasteiger partial charge < -0.3 is 15.0 Å². The van der Waals surface area contributed by atoms with E-state index in [4.69, 9.17) is 4.74 Å². The van der Waals surface area contributed by atoms with Crippen LogP contribution in [0.25, 0.3) is 0 Å². The number of nitrogens with zero attached hydrogens (tertiary/aromatic N) is 2. The van der Waals surface area contributed by atoms with Crippen molar-refractivity contribution in [3.05, 3.63) is 29.6 Å². The summed E-state index contributed by atoms with van der Waals surface area (Å²) >= 11 is 0. The molecule has 23 heavy (non-hydrogen) atoms.